The van der Waals surface area contributed by atoms with Crippen LogP contribution in [0.1, 0.15) is 24.5 Å². The number of aromatic nitrogens is 1. The van der Waals surface area contributed by atoms with E-state index in [0.29, 0.717) is 5.92 Å². The van der Waals surface area contributed by atoms with Crippen LogP contribution in [0.5, 0.6) is 5.75 Å². The standard InChI is InChI=1S/C15H18N2O/c1-18-13-6-4-11-5-7-14(17-15(11)9-13)12-3-2-8-16-10-12/h4-7,9,12,16H,2-3,8,10H2,1H3. The summed E-state index contributed by atoms with van der Waals surface area (Å²) in [4.78, 5) is 4.79. The summed E-state index contributed by atoms with van der Waals surface area (Å²) in [5.74, 6) is 1.42. The van der Waals surface area contributed by atoms with Gasteiger partial charge in [-0.2, -0.15) is 0 Å². The molecule has 0 saturated carbocycles. The van der Waals surface area contributed by atoms with Crippen molar-refractivity contribution in [2.24, 2.45) is 0 Å². The lowest BCUT2D eigenvalue weighted by Crippen LogP contribution is -2.28. The molecule has 2 aromatic rings. The number of benzene rings is 1. The topological polar surface area (TPSA) is 34.1 Å². The van der Waals surface area contributed by atoms with Gasteiger partial charge in [-0.25, -0.2) is 0 Å². The number of hydrogen-bond donors (Lipinski definition) is 1. The van der Waals surface area contributed by atoms with E-state index in [0.717, 1.165) is 24.4 Å². The van der Waals surface area contributed by atoms with Crippen LogP contribution in [-0.4, -0.2) is 25.2 Å². The molecule has 3 nitrogen and oxygen atoms in total. The summed E-state index contributed by atoms with van der Waals surface area (Å²) in [6, 6.07) is 10.4. The molecule has 0 radical (unpaired) electrons. The second-order valence-electron chi connectivity index (χ2n) is 4.84. The van der Waals surface area contributed by atoms with E-state index in [1.165, 1.54) is 23.9 Å². The third kappa shape index (κ3) is 2.18. The van der Waals surface area contributed by atoms with Crippen LogP contribution in [0.15, 0.2) is 30.3 Å². The number of hydrogen-bond acceptors (Lipinski definition) is 3. The zero-order valence-electron chi connectivity index (χ0n) is 10.6. The molecule has 1 saturated heterocycles. The molecule has 2 heterocycles. The Morgan fingerprint density at radius 3 is 2.94 bits per heavy atom. The molecule has 0 amide bonds. The first-order chi connectivity index (χ1) is 8.86. The number of piperidine rings is 1. The van der Waals surface area contributed by atoms with Crippen LogP contribution < -0.4 is 10.1 Å². The average molecular weight is 242 g/mol. The maximum Gasteiger partial charge on any atom is 0.121 e. The van der Waals surface area contributed by atoms with Crippen molar-refractivity contribution < 1.29 is 4.74 Å². The number of rotatable bonds is 2. The Bertz CT molecular complexity index is 547. The van der Waals surface area contributed by atoms with Crippen LogP contribution in [0, 0.1) is 0 Å². The van der Waals surface area contributed by atoms with Crippen LogP contribution in [0.4, 0.5) is 0 Å². The van der Waals surface area contributed by atoms with Gasteiger partial charge in [0.1, 0.15) is 5.75 Å². The summed E-state index contributed by atoms with van der Waals surface area (Å²) in [6.45, 7) is 2.18. The monoisotopic (exact) mass is 242 g/mol. The molecule has 1 aromatic carbocycles. The van der Waals surface area contributed by atoms with Crippen LogP contribution in [0.25, 0.3) is 10.9 Å². The Morgan fingerprint density at radius 2 is 2.17 bits per heavy atom. The van der Waals surface area contributed by atoms with E-state index >= 15 is 0 Å². The van der Waals surface area contributed by atoms with Gasteiger partial charge in [0.2, 0.25) is 0 Å². The van der Waals surface area contributed by atoms with Gasteiger partial charge in [-0.15, -0.1) is 0 Å². The molecule has 18 heavy (non-hydrogen) atoms. The lowest BCUT2D eigenvalue weighted by atomic mass is 9.95. The molecule has 1 atom stereocenters. The van der Waals surface area contributed by atoms with E-state index in [1.807, 2.05) is 12.1 Å². The third-order valence-corrected chi connectivity index (χ3v) is 3.64. The molecule has 3 rings (SSSR count). The van der Waals surface area contributed by atoms with Crippen molar-refractivity contribution >= 4 is 10.9 Å². The number of nitrogens with zero attached hydrogens (tertiary/aromatic N) is 1. The maximum absolute atomic E-state index is 5.26. The van der Waals surface area contributed by atoms with Crippen molar-refractivity contribution in [3.63, 3.8) is 0 Å². The van der Waals surface area contributed by atoms with Gasteiger partial charge in [0.05, 0.1) is 12.6 Å². The highest BCUT2D eigenvalue weighted by atomic mass is 16.5. The van der Waals surface area contributed by atoms with Crippen molar-refractivity contribution in [3.05, 3.63) is 36.0 Å². The number of fused-ring (bicyclic) bond motifs is 1. The van der Waals surface area contributed by atoms with E-state index in [4.69, 9.17) is 9.72 Å². The molecule has 1 aromatic heterocycles. The van der Waals surface area contributed by atoms with Gasteiger partial charge in [-0.05, 0) is 37.6 Å². The maximum atomic E-state index is 5.26. The summed E-state index contributed by atoms with van der Waals surface area (Å²) in [6.07, 6.45) is 2.47. The second-order valence-corrected chi connectivity index (χ2v) is 4.84. The van der Waals surface area contributed by atoms with E-state index in [-0.39, 0.29) is 0 Å². The highest BCUT2D eigenvalue weighted by Gasteiger charge is 2.16. The van der Waals surface area contributed by atoms with Gasteiger partial charge in [0.15, 0.2) is 0 Å². The van der Waals surface area contributed by atoms with Gasteiger partial charge >= 0.3 is 0 Å². The van der Waals surface area contributed by atoms with Crippen molar-refractivity contribution in [2.75, 3.05) is 20.2 Å². The minimum absolute atomic E-state index is 0.550. The molecule has 1 fully saturated rings. The average Bonchev–Trinajstić information content (AvgIpc) is 2.47. The Hall–Kier alpha value is -1.61. The summed E-state index contributed by atoms with van der Waals surface area (Å²) >= 11 is 0. The first-order valence-corrected chi connectivity index (χ1v) is 6.52. The van der Waals surface area contributed by atoms with Gasteiger partial charge in [-0.3, -0.25) is 4.98 Å². The Morgan fingerprint density at radius 1 is 1.28 bits per heavy atom. The first kappa shape index (κ1) is 11.5. The quantitative estimate of drug-likeness (QED) is 0.879. The van der Waals surface area contributed by atoms with Crippen LogP contribution >= 0.6 is 0 Å². The highest BCUT2D eigenvalue weighted by Crippen LogP contribution is 2.25. The number of nitrogens with one attached hydrogen (secondary N) is 1. The lowest BCUT2D eigenvalue weighted by Gasteiger charge is -2.22. The number of pyridine rings is 1. The molecule has 0 bridgehead atoms. The smallest absolute Gasteiger partial charge is 0.121 e. The molecule has 94 valence electrons. The first-order valence-electron chi connectivity index (χ1n) is 6.52. The molecular weight excluding hydrogens is 224 g/mol. The Labute approximate surface area is 107 Å². The van der Waals surface area contributed by atoms with Crippen molar-refractivity contribution in [3.8, 4) is 5.75 Å². The lowest BCUT2D eigenvalue weighted by molar-refractivity contribution is 0.415. The SMILES string of the molecule is COc1ccc2ccc(C3CCCNC3)nc2c1. The molecule has 0 spiro atoms. The number of methoxy groups -OCH3 is 1. The molecule has 1 aliphatic heterocycles. The van der Waals surface area contributed by atoms with Crippen molar-refractivity contribution in [1.29, 1.82) is 0 Å². The van der Waals surface area contributed by atoms with Gasteiger partial charge in [0, 0.05) is 29.6 Å². The summed E-state index contributed by atoms with van der Waals surface area (Å²) < 4.78 is 5.26. The Kier molecular flexibility index (Phi) is 3.15. The normalized spacial score (nSPS) is 19.9. The molecular formula is C15H18N2O. The van der Waals surface area contributed by atoms with Gasteiger partial charge in [-0.1, -0.05) is 6.07 Å². The van der Waals surface area contributed by atoms with E-state index < -0.39 is 0 Å². The second kappa shape index (κ2) is 4.94. The van der Waals surface area contributed by atoms with Crippen LogP contribution in [0.3, 0.4) is 0 Å². The van der Waals surface area contributed by atoms with E-state index in [1.54, 1.807) is 7.11 Å². The summed E-state index contributed by atoms with van der Waals surface area (Å²) in [5, 5.41) is 4.61. The largest absolute Gasteiger partial charge is 0.497 e. The molecule has 0 aliphatic carbocycles. The summed E-state index contributed by atoms with van der Waals surface area (Å²) in [5.41, 5.74) is 2.22. The molecule has 1 aliphatic rings. The predicted molar refractivity (Wildman–Crippen MR) is 73.1 cm³/mol. The van der Waals surface area contributed by atoms with Crippen molar-refractivity contribution in [1.82, 2.24) is 10.3 Å². The van der Waals surface area contributed by atoms with Crippen LogP contribution in [-0.2, 0) is 0 Å². The fraction of sp³-hybridized carbons (Fsp3) is 0.400. The molecule has 1 unspecified atom stereocenters. The van der Waals surface area contributed by atoms with Gasteiger partial charge < -0.3 is 10.1 Å². The van der Waals surface area contributed by atoms with Crippen LogP contribution in [0.2, 0.25) is 0 Å². The molecule has 1 N–H and O–H groups in total. The highest BCUT2D eigenvalue weighted by molar-refractivity contribution is 5.80. The van der Waals surface area contributed by atoms with E-state index in [2.05, 4.69) is 23.5 Å². The van der Waals surface area contributed by atoms with E-state index in [9.17, 15) is 0 Å². The summed E-state index contributed by atoms with van der Waals surface area (Å²) in [7, 11) is 1.69. The minimum Gasteiger partial charge on any atom is -0.497 e. The van der Waals surface area contributed by atoms with Crippen molar-refractivity contribution in [2.45, 2.75) is 18.8 Å². The zero-order chi connectivity index (χ0) is 12.4. The minimum atomic E-state index is 0.550. The predicted octanol–water partition coefficient (Wildman–Crippen LogP) is 2.71. The number of ether oxygens (including phenoxy) is 1. The fourth-order valence-corrected chi connectivity index (χ4v) is 2.57. The van der Waals surface area contributed by atoms with Gasteiger partial charge in [0.25, 0.3) is 0 Å². The third-order valence-electron chi connectivity index (χ3n) is 3.64. The Balaban J connectivity index is 1.97. The fourth-order valence-electron chi connectivity index (χ4n) is 2.57. The molecule has 3 heteroatoms. The zero-order valence-corrected chi connectivity index (χ0v) is 10.6.